The molecule has 0 aromatic heterocycles. The number of carbonyl (C=O) groups is 2. The normalized spacial score (nSPS) is 11.3. The molecule has 4 nitrogen and oxygen atoms in total. The Kier molecular flexibility index (Phi) is 6.96. The second-order valence-corrected chi connectivity index (χ2v) is 5.92. The van der Waals surface area contributed by atoms with Crippen LogP contribution in [0.5, 0.6) is 0 Å². The van der Waals surface area contributed by atoms with E-state index in [1.165, 1.54) is 5.57 Å². The van der Waals surface area contributed by atoms with E-state index in [2.05, 4.69) is 5.32 Å². The summed E-state index contributed by atoms with van der Waals surface area (Å²) in [6.07, 6.45) is 2.66. The van der Waals surface area contributed by atoms with Crippen LogP contribution in [-0.4, -0.2) is 18.5 Å². The molecular formula is C21H23NO3. The Morgan fingerprint density at radius 2 is 1.60 bits per heavy atom. The van der Waals surface area contributed by atoms with E-state index in [0.717, 1.165) is 0 Å². The van der Waals surface area contributed by atoms with Gasteiger partial charge in [0, 0.05) is 5.56 Å². The fourth-order valence-corrected chi connectivity index (χ4v) is 2.32. The fourth-order valence-electron chi connectivity index (χ4n) is 2.32. The Hall–Kier alpha value is -2.88. The van der Waals surface area contributed by atoms with Crippen molar-refractivity contribution in [2.75, 3.05) is 6.61 Å². The topological polar surface area (TPSA) is 55.4 Å². The third-order valence-corrected chi connectivity index (χ3v) is 3.59. The molecule has 2 aromatic carbocycles. The zero-order chi connectivity index (χ0) is 18.1. The van der Waals surface area contributed by atoms with Crippen LogP contribution in [-0.2, 0) is 9.53 Å². The maximum Gasteiger partial charge on any atom is 0.333 e. The van der Waals surface area contributed by atoms with Crippen molar-refractivity contribution in [2.24, 2.45) is 0 Å². The summed E-state index contributed by atoms with van der Waals surface area (Å²) in [4.78, 5) is 24.9. The van der Waals surface area contributed by atoms with Gasteiger partial charge >= 0.3 is 5.97 Å². The lowest BCUT2D eigenvalue weighted by atomic mass is 10.1. The molecule has 0 saturated heterocycles. The van der Waals surface area contributed by atoms with Crippen LogP contribution < -0.4 is 5.32 Å². The van der Waals surface area contributed by atoms with E-state index in [1.54, 1.807) is 36.4 Å². The number of hydrogen-bond donors (Lipinski definition) is 1. The molecule has 1 unspecified atom stereocenters. The fraction of sp³-hybridized carbons (Fsp3) is 0.238. The van der Waals surface area contributed by atoms with E-state index in [1.807, 2.05) is 44.2 Å². The lowest BCUT2D eigenvalue weighted by Gasteiger charge is -2.18. The zero-order valence-electron chi connectivity index (χ0n) is 14.6. The Morgan fingerprint density at radius 3 is 2.20 bits per heavy atom. The van der Waals surface area contributed by atoms with Crippen LogP contribution >= 0.6 is 0 Å². The molecule has 1 N–H and O–H groups in total. The van der Waals surface area contributed by atoms with Gasteiger partial charge in [0.1, 0.15) is 0 Å². The minimum absolute atomic E-state index is 0.286. The molecule has 0 fully saturated rings. The van der Waals surface area contributed by atoms with E-state index >= 15 is 0 Å². The molecule has 0 spiro atoms. The molecule has 0 saturated carbocycles. The van der Waals surface area contributed by atoms with Gasteiger partial charge in [-0.3, -0.25) is 4.79 Å². The van der Waals surface area contributed by atoms with Gasteiger partial charge in [0.15, 0.2) is 6.04 Å². The Bertz CT molecular complexity index is 719. The minimum Gasteiger partial charge on any atom is -0.464 e. The molecular weight excluding hydrogens is 314 g/mol. The van der Waals surface area contributed by atoms with Gasteiger partial charge in [-0.05, 0) is 38.0 Å². The van der Waals surface area contributed by atoms with E-state index in [-0.39, 0.29) is 12.5 Å². The van der Waals surface area contributed by atoms with Crippen molar-refractivity contribution in [3.8, 4) is 0 Å². The number of carbonyl (C=O) groups excluding carboxylic acids is 2. The lowest BCUT2D eigenvalue weighted by molar-refractivity contribution is -0.146. The van der Waals surface area contributed by atoms with E-state index in [4.69, 9.17) is 4.74 Å². The molecule has 1 amide bonds. The number of amides is 1. The van der Waals surface area contributed by atoms with Gasteiger partial charge in [0.2, 0.25) is 0 Å². The highest BCUT2D eigenvalue weighted by atomic mass is 16.5. The molecule has 0 radical (unpaired) electrons. The summed E-state index contributed by atoms with van der Waals surface area (Å²) in [6, 6.07) is 17.1. The van der Waals surface area contributed by atoms with Crippen molar-refractivity contribution in [1.82, 2.24) is 5.32 Å². The third kappa shape index (κ3) is 5.92. The van der Waals surface area contributed by atoms with Crippen molar-refractivity contribution >= 4 is 11.9 Å². The smallest absolute Gasteiger partial charge is 0.333 e. The monoisotopic (exact) mass is 337 g/mol. The summed E-state index contributed by atoms with van der Waals surface area (Å²) in [5.74, 6) is -0.770. The van der Waals surface area contributed by atoms with Crippen molar-refractivity contribution in [3.63, 3.8) is 0 Å². The average Bonchev–Trinajstić information content (AvgIpc) is 2.64. The molecule has 0 aliphatic heterocycles. The van der Waals surface area contributed by atoms with Crippen LogP contribution in [0.3, 0.4) is 0 Å². The molecule has 0 aliphatic carbocycles. The summed E-state index contributed by atoms with van der Waals surface area (Å²) in [5, 5.41) is 2.77. The number of esters is 1. The van der Waals surface area contributed by atoms with Crippen molar-refractivity contribution in [3.05, 3.63) is 83.4 Å². The second kappa shape index (κ2) is 9.42. The SMILES string of the molecule is CC(C)=CCCOC(=O)C(NC(=O)c1ccccc1)c1ccccc1. The largest absolute Gasteiger partial charge is 0.464 e. The summed E-state index contributed by atoms with van der Waals surface area (Å²) in [5.41, 5.74) is 2.37. The molecule has 25 heavy (non-hydrogen) atoms. The van der Waals surface area contributed by atoms with Crippen molar-refractivity contribution in [1.29, 1.82) is 0 Å². The number of ether oxygens (including phenoxy) is 1. The van der Waals surface area contributed by atoms with Gasteiger partial charge in [-0.2, -0.15) is 0 Å². The van der Waals surface area contributed by atoms with Crippen LogP contribution in [0.15, 0.2) is 72.3 Å². The molecule has 1 atom stereocenters. The van der Waals surface area contributed by atoms with Crippen LogP contribution in [0, 0.1) is 0 Å². The minimum atomic E-state index is -0.833. The highest BCUT2D eigenvalue weighted by Gasteiger charge is 2.24. The van der Waals surface area contributed by atoms with Gasteiger partial charge in [0.25, 0.3) is 5.91 Å². The predicted octanol–water partition coefficient (Wildman–Crippen LogP) is 4.06. The molecule has 2 rings (SSSR count). The molecule has 2 aromatic rings. The van der Waals surface area contributed by atoms with Gasteiger partial charge in [-0.15, -0.1) is 0 Å². The van der Waals surface area contributed by atoms with Crippen LogP contribution in [0.1, 0.15) is 42.2 Å². The quantitative estimate of drug-likeness (QED) is 0.471. The van der Waals surface area contributed by atoms with Gasteiger partial charge < -0.3 is 10.1 Å². The summed E-state index contributed by atoms with van der Waals surface area (Å²) >= 11 is 0. The summed E-state index contributed by atoms with van der Waals surface area (Å²) < 4.78 is 5.35. The van der Waals surface area contributed by atoms with Crippen molar-refractivity contribution < 1.29 is 14.3 Å². The first-order valence-electron chi connectivity index (χ1n) is 8.29. The van der Waals surface area contributed by atoms with Crippen LogP contribution in [0.4, 0.5) is 0 Å². The molecule has 0 aliphatic rings. The second-order valence-electron chi connectivity index (χ2n) is 5.92. The number of rotatable bonds is 7. The van der Waals surface area contributed by atoms with Gasteiger partial charge in [0.05, 0.1) is 6.61 Å². The van der Waals surface area contributed by atoms with Crippen LogP contribution in [0.25, 0.3) is 0 Å². The first-order valence-corrected chi connectivity index (χ1v) is 8.29. The van der Waals surface area contributed by atoms with Gasteiger partial charge in [-0.25, -0.2) is 4.79 Å². The zero-order valence-corrected chi connectivity index (χ0v) is 14.6. The molecule has 0 bridgehead atoms. The van der Waals surface area contributed by atoms with E-state index < -0.39 is 12.0 Å². The van der Waals surface area contributed by atoms with E-state index in [9.17, 15) is 9.59 Å². The Balaban J connectivity index is 2.09. The van der Waals surface area contributed by atoms with Gasteiger partial charge in [-0.1, -0.05) is 60.2 Å². The van der Waals surface area contributed by atoms with E-state index in [0.29, 0.717) is 17.5 Å². The highest BCUT2D eigenvalue weighted by molar-refractivity contribution is 5.97. The summed E-state index contributed by atoms with van der Waals surface area (Å²) in [7, 11) is 0. The third-order valence-electron chi connectivity index (χ3n) is 3.59. The number of nitrogens with one attached hydrogen (secondary N) is 1. The Morgan fingerprint density at radius 1 is 1.00 bits per heavy atom. The maximum absolute atomic E-state index is 12.5. The maximum atomic E-state index is 12.5. The molecule has 0 heterocycles. The number of hydrogen-bond acceptors (Lipinski definition) is 3. The predicted molar refractivity (Wildman–Crippen MR) is 98.1 cm³/mol. The average molecular weight is 337 g/mol. The number of allylic oxidation sites excluding steroid dienone is 1. The van der Waals surface area contributed by atoms with Crippen LogP contribution in [0.2, 0.25) is 0 Å². The standard InChI is InChI=1S/C21H23NO3/c1-16(2)10-9-15-25-21(24)19(17-11-5-3-6-12-17)22-20(23)18-13-7-4-8-14-18/h3-8,10-14,19H,9,15H2,1-2H3,(H,22,23). The first kappa shape index (κ1) is 18.5. The first-order chi connectivity index (χ1) is 12.1. The molecule has 130 valence electrons. The lowest BCUT2D eigenvalue weighted by Crippen LogP contribution is -2.35. The highest BCUT2D eigenvalue weighted by Crippen LogP contribution is 2.16. The van der Waals surface area contributed by atoms with Crippen molar-refractivity contribution in [2.45, 2.75) is 26.3 Å². The number of benzene rings is 2. The summed E-state index contributed by atoms with van der Waals surface area (Å²) in [6.45, 7) is 4.28. The Labute approximate surface area is 148 Å². The molecule has 4 heteroatoms.